The molecule has 0 bridgehead atoms. The molecule has 0 amide bonds. The van der Waals surface area contributed by atoms with E-state index in [1.165, 1.54) is 4.68 Å². The summed E-state index contributed by atoms with van der Waals surface area (Å²) in [5.41, 5.74) is 0.856. The Bertz CT molecular complexity index is 576. The Morgan fingerprint density at radius 3 is 2.65 bits per heavy atom. The van der Waals surface area contributed by atoms with E-state index in [2.05, 4.69) is 21.0 Å². The Kier molecular flexibility index (Phi) is 3.56. The Hall–Kier alpha value is -0.840. The van der Waals surface area contributed by atoms with Crippen LogP contribution in [0.2, 0.25) is 10.0 Å². The average Bonchev–Trinajstić information content (AvgIpc) is 2.58. The van der Waals surface area contributed by atoms with Gasteiger partial charge in [-0.3, -0.25) is 9.48 Å². The van der Waals surface area contributed by atoms with Crippen LogP contribution in [0, 0.1) is 0 Å². The fraction of sp³-hybridized carbons (Fsp3) is 0.0909. The van der Waals surface area contributed by atoms with Gasteiger partial charge in [0.15, 0.2) is 0 Å². The van der Waals surface area contributed by atoms with Gasteiger partial charge in [0.05, 0.1) is 15.7 Å². The zero-order valence-corrected chi connectivity index (χ0v) is 11.8. The number of carbonyl (C=O) groups is 1. The zero-order chi connectivity index (χ0) is 12.6. The molecule has 0 radical (unpaired) electrons. The van der Waals surface area contributed by atoms with Crippen molar-refractivity contribution in [1.82, 2.24) is 9.78 Å². The van der Waals surface area contributed by atoms with Crippen molar-refractivity contribution >= 4 is 44.9 Å². The number of aryl methyl sites for hydroxylation is 1. The predicted molar refractivity (Wildman–Crippen MR) is 70.8 cm³/mol. The molecule has 0 N–H and O–H groups in total. The van der Waals surface area contributed by atoms with Gasteiger partial charge in [-0.1, -0.05) is 23.2 Å². The van der Waals surface area contributed by atoms with Gasteiger partial charge >= 0.3 is 0 Å². The standard InChI is InChI=1S/C11H7BrCl2N2O/c1-16-10(8(12)5-15-16)11(17)7-3-2-6(13)4-9(7)14/h2-5H,1H3. The lowest BCUT2D eigenvalue weighted by molar-refractivity contribution is 0.102. The topological polar surface area (TPSA) is 34.9 Å². The van der Waals surface area contributed by atoms with Gasteiger partial charge < -0.3 is 0 Å². The lowest BCUT2D eigenvalue weighted by atomic mass is 10.1. The molecule has 1 heterocycles. The summed E-state index contributed by atoms with van der Waals surface area (Å²) in [5.74, 6) is -0.196. The molecule has 2 aromatic rings. The molecule has 0 aliphatic heterocycles. The molecule has 0 unspecified atom stereocenters. The molecular weight excluding hydrogens is 327 g/mol. The SMILES string of the molecule is Cn1ncc(Br)c1C(=O)c1ccc(Cl)cc1Cl. The van der Waals surface area contributed by atoms with Crippen molar-refractivity contribution in [2.45, 2.75) is 0 Å². The van der Waals surface area contributed by atoms with E-state index in [1.807, 2.05) is 0 Å². The van der Waals surface area contributed by atoms with Crippen LogP contribution in [0.15, 0.2) is 28.9 Å². The van der Waals surface area contributed by atoms with E-state index in [9.17, 15) is 4.79 Å². The van der Waals surface area contributed by atoms with Gasteiger partial charge in [-0.05, 0) is 34.1 Å². The van der Waals surface area contributed by atoms with E-state index in [0.29, 0.717) is 25.8 Å². The van der Waals surface area contributed by atoms with Crippen LogP contribution in [0.4, 0.5) is 0 Å². The highest BCUT2D eigenvalue weighted by molar-refractivity contribution is 9.10. The van der Waals surface area contributed by atoms with Gasteiger partial charge in [-0.15, -0.1) is 0 Å². The third-order valence-electron chi connectivity index (χ3n) is 2.28. The number of carbonyl (C=O) groups excluding carboxylic acids is 1. The first-order valence-electron chi connectivity index (χ1n) is 4.68. The molecule has 0 fully saturated rings. The monoisotopic (exact) mass is 332 g/mol. The van der Waals surface area contributed by atoms with E-state index < -0.39 is 0 Å². The van der Waals surface area contributed by atoms with Crippen LogP contribution >= 0.6 is 39.1 Å². The Labute approximate surface area is 116 Å². The van der Waals surface area contributed by atoms with E-state index in [0.717, 1.165) is 0 Å². The quantitative estimate of drug-likeness (QED) is 0.785. The summed E-state index contributed by atoms with van der Waals surface area (Å²) < 4.78 is 2.13. The minimum absolute atomic E-state index is 0.196. The normalized spacial score (nSPS) is 10.6. The maximum absolute atomic E-state index is 12.3. The van der Waals surface area contributed by atoms with Crippen molar-refractivity contribution in [2.75, 3.05) is 0 Å². The molecular formula is C11H7BrCl2N2O. The van der Waals surface area contributed by atoms with Gasteiger partial charge in [0.1, 0.15) is 5.69 Å². The summed E-state index contributed by atoms with van der Waals surface area (Å²) in [6.45, 7) is 0. The molecule has 1 aromatic carbocycles. The zero-order valence-electron chi connectivity index (χ0n) is 8.75. The summed E-state index contributed by atoms with van der Waals surface area (Å²) in [4.78, 5) is 12.3. The third kappa shape index (κ3) is 2.39. The summed E-state index contributed by atoms with van der Waals surface area (Å²) in [7, 11) is 1.70. The number of hydrogen-bond donors (Lipinski definition) is 0. The summed E-state index contributed by atoms with van der Waals surface area (Å²) in [5, 5.41) is 4.81. The second-order valence-electron chi connectivity index (χ2n) is 3.42. The molecule has 0 atom stereocenters. The highest BCUT2D eigenvalue weighted by atomic mass is 79.9. The molecule has 0 saturated heterocycles. The van der Waals surface area contributed by atoms with Crippen molar-refractivity contribution in [3.8, 4) is 0 Å². The molecule has 0 aliphatic rings. The summed E-state index contributed by atoms with van der Waals surface area (Å²) >= 11 is 15.1. The van der Waals surface area contributed by atoms with E-state index >= 15 is 0 Å². The van der Waals surface area contributed by atoms with Crippen LogP contribution < -0.4 is 0 Å². The Morgan fingerprint density at radius 1 is 1.41 bits per heavy atom. The van der Waals surface area contributed by atoms with Crippen LogP contribution in [0.25, 0.3) is 0 Å². The smallest absolute Gasteiger partial charge is 0.213 e. The van der Waals surface area contributed by atoms with Crippen LogP contribution in [0.1, 0.15) is 16.1 Å². The molecule has 0 aliphatic carbocycles. The number of ketones is 1. The Balaban J connectivity index is 2.51. The largest absolute Gasteiger partial charge is 0.287 e. The fourth-order valence-corrected chi connectivity index (χ4v) is 2.49. The fourth-order valence-electron chi connectivity index (χ4n) is 1.47. The van der Waals surface area contributed by atoms with Crippen LogP contribution in [0.3, 0.4) is 0 Å². The minimum Gasteiger partial charge on any atom is -0.287 e. The lowest BCUT2D eigenvalue weighted by Gasteiger charge is -2.05. The van der Waals surface area contributed by atoms with Crippen LogP contribution in [-0.4, -0.2) is 15.6 Å². The number of halogens is 3. The first kappa shape index (κ1) is 12.6. The van der Waals surface area contributed by atoms with Gasteiger partial charge in [0.25, 0.3) is 0 Å². The first-order chi connectivity index (χ1) is 8.00. The number of nitrogens with zero attached hydrogens (tertiary/aromatic N) is 2. The van der Waals surface area contributed by atoms with E-state index in [-0.39, 0.29) is 5.78 Å². The molecule has 1 aromatic heterocycles. The summed E-state index contributed by atoms with van der Waals surface area (Å²) in [6.07, 6.45) is 1.57. The van der Waals surface area contributed by atoms with Crippen LogP contribution in [0.5, 0.6) is 0 Å². The van der Waals surface area contributed by atoms with Crippen LogP contribution in [-0.2, 0) is 7.05 Å². The third-order valence-corrected chi connectivity index (χ3v) is 3.41. The van der Waals surface area contributed by atoms with E-state index in [1.54, 1.807) is 31.4 Å². The van der Waals surface area contributed by atoms with Gasteiger partial charge in [0, 0.05) is 17.6 Å². The van der Waals surface area contributed by atoms with Crippen molar-refractivity contribution in [3.63, 3.8) is 0 Å². The predicted octanol–water partition coefficient (Wildman–Crippen LogP) is 3.72. The molecule has 0 spiro atoms. The molecule has 17 heavy (non-hydrogen) atoms. The van der Waals surface area contributed by atoms with Crippen molar-refractivity contribution in [1.29, 1.82) is 0 Å². The number of rotatable bonds is 2. The second kappa shape index (κ2) is 4.80. The van der Waals surface area contributed by atoms with Gasteiger partial charge in [-0.25, -0.2) is 0 Å². The highest BCUT2D eigenvalue weighted by Crippen LogP contribution is 2.26. The number of benzene rings is 1. The lowest BCUT2D eigenvalue weighted by Crippen LogP contribution is -2.09. The molecule has 6 heteroatoms. The molecule has 88 valence electrons. The van der Waals surface area contributed by atoms with Gasteiger partial charge in [0.2, 0.25) is 5.78 Å². The average molecular weight is 334 g/mol. The van der Waals surface area contributed by atoms with E-state index in [4.69, 9.17) is 23.2 Å². The summed E-state index contributed by atoms with van der Waals surface area (Å²) in [6, 6.07) is 4.78. The number of aromatic nitrogens is 2. The van der Waals surface area contributed by atoms with Gasteiger partial charge in [-0.2, -0.15) is 5.10 Å². The number of hydrogen-bond acceptors (Lipinski definition) is 2. The molecule has 3 nitrogen and oxygen atoms in total. The Morgan fingerprint density at radius 2 is 2.12 bits per heavy atom. The second-order valence-corrected chi connectivity index (χ2v) is 5.12. The molecule has 0 saturated carbocycles. The minimum atomic E-state index is -0.196. The van der Waals surface area contributed by atoms with Crippen molar-refractivity contribution < 1.29 is 4.79 Å². The molecule has 2 rings (SSSR count). The van der Waals surface area contributed by atoms with Crippen molar-refractivity contribution in [3.05, 3.63) is 50.2 Å². The van der Waals surface area contributed by atoms with Crippen molar-refractivity contribution in [2.24, 2.45) is 7.05 Å². The maximum atomic E-state index is 12.3. The highest BCUT2D eigenvalue weighted by Gasteiger charge is 2.19. The first-order valence-corrected chi connectivity index (χ1v) is 6.23. The maximum Gasteiger partial charge on any atom is 0.213 e.